The van der Waals surface area contributed by atoms with Crippen molar-refractivity contribution in [1.29, 1.82) is 0 Å². The minimum absolute atomic E-state index is 0.235. The molecule has 0 aliphatic rings. The molecule has 3 N–H and O–H groups in total. The molecule has 0 radical (unpaired) electrons. The average Bonchev–Trinajstić information content (AvgIpc) is 2.41. The minimum atomic E-state index is -0.398. The molecule has 0 fully saturated rings. The van der Waals surface area contributed by atoms with Crippen LogP contribution in [-0.4, -0.2) is 35.1 Å². The van der Waals surface area contributed by atoms with E-state index in [1.807, 2.05) is 11.8 Å². The van der Waals surface area contributed by atoms with Crippen molar-refractivity contribution in [3.63, 3.8) is 0 Å². The third kappa shape index (κ3) is 5.28. The molecule has 0 spiro atoms. The summed E-state index contributed by atoms with van der Waals surface area (Å²) in [5.74, 6) is 2.33. The van der Waals surface area contributed by atoms with Crippen molar-refractivity contribution in [2.75, 3.05) is 29.2 Å². The minimum Gasteiger partial charge on any atom is -0.462 e. The number of nitrogens with two attached hydrogens (primary N) is 1. The van der Waals surface area contributed by atoms with Crippen molar-refractivity contribution < 1.29 is 9.53 Å². The standard InChI is InChI=1S/C14H23N3O2S/c1-4-19-14(18)12-8-11(15)9-16-13(12)17-10(3)6-7-20-5-2/h8-10H,4-7,15H2,1-3H3,(H,16,17). The van der Waals surface area contributed by atoms with E-state index in [-0.39, 0.29) is 6.04 Å². The molecule has 1 heterocycles. The first-order valence-electron chi connectivity index (χ1n) is 6.85. The Labute approximate surface area is 124 Å². The van der Waals surface area contributed by atoms with E-state index in [2.05, 4.69) is 24.1 Å². The van der Waals surface area contributed by atoms with Gasteiger partial charge in [0.2, 0.25) is 0 Å². The SMILES string of the molecule is CCOC(=O)c1cc(N)cnc1NC(C)CCSCC. The lowest BCUT2D eigenvalue weighted by atomic mass is 10.2. The van der Waals surface area contributed by atoms with E-state index >= 15 is 0 Å². The van der Waals surface area contributed by atoms with Gasteiger partial charge in [0.15, 0.2) is 0 Å². The summed E-state index contributed by atoms with van der Waals surface area (Å²) in [7, 11) is 0. The van der Waals surface area contributed by atoms with Crippen molar-refractivity contribution >= 4 is 29.2 Å². The first-order chi connectivity index (χ1) is 9.58. The highest BCUT2D eigenvalue weighted by Gasteiger charge is 2.16. The third-order valence-corrected chi connectivity index (χ3v) is 3.62. The number of carbonyl (C=O) groups is 1. The molecule has 1 rings (SSSR count). The Morgan fingerprint density at radius 2 is 2.30 bits per heavy atom. The molecule has 1 unspecified atom stereocenters. The van der Waals surface area contributed by atoms with Gasteiger partial charge in [-0.15, -0.1) is 0 Å². The molecule has 0 saturated carbocycles. The number of aromatic nitrogens is 1. The fourth-order valence-corrected chi connectivity index (χ4v) is 2.48. The molecule has 0 amide bonds. The van der Waals surface area contributed by atoms with E-state index in [1.165, 1.54) is 0 Å². The lowest BCUT2D eigenvalue weighted by Crippen LogP contribution is -2.20. The summed E-state index contributed by atoms with van der Waals surface area (Å²) in [5, 5.41) is 3.26. The number of carbonyl (C=O) groups excluding carboxylic acids is 1. The number of hydrogen-bond donors (Lipinski definition) is 2. The summed E-state index contributed by atoms with van der Waals surface area (Å²) in [5.41, 5.74) is 6.53. The predicted molar refractivity (Wildman–Crippen MR) is 85.3 cm³/mol. The smallest absolute Gasteiger partial charge is 0.341 e. The zero-order valence-electron chi connectivity index (χ0n) is 12.3. The van der Waals surface area contributed by atoms with Gasteiger partial charge in [-0.3, -0.25) is 0 Å². The van der Waals surface area contributed by atoms with Crippen LogP contribution in [0.1, 0.15) is 37.6 Å². The summed E-state index contributed by atoms with van der Waals surface area (Å²) in [6, 6.07) is 1.83. The summed E-state index contributed by atoms with van der Waals surface area (Å²) in [6.07, 6.45) is 2.55. The Kier molecular flexibility index (Phi) is 7.22. The number of ether oxygens (including phenoxy) is 1. The van der Waals surface area contributed by atoms with Gasteiger partial charge in [-0.2, -0.15) is 11.8 Å². The Hall–Kier alpha value is -1.43. The van der Waals surface area contributed by atoms with Crippen LogP contribution in [0.3, 0.4) is 0 Å². The maximum absolute atomic E-state index is 11.9. The van der Waals surface area contributed by atoms with Gasteiger partial charge >= 0.3 is 5.97 Å². The lowest BCUT2D eigenvalue weighted by Gasteiger charge is -2.16. The highest BCUT2D eigenvalue weighted by Crippen LogP contribution is 2.18. The lowest BCUT2D eigenvalue weighted by molar-refractivity contribution is 0.0527. The van der Waals surface area contributed by atoms with Crippen LogP contribution >= 0.6 is 11.8 Å². The maximum Gasteiger partial charge on any atom is 0.341 e. The molecule has 5 nitrogen and oxygen atoms in total. The van der Waals surface area contributed by atoms with Crippen molar-refractivity contribution in [2.45, 2.75) is 33.2 Å². The van der Waals surface area contributed by atoms with Crippen LogP contribution in [0, 0.1) is 0 Å². The van der Waals surface area contributed by atoms with Crippen LogP contribution in [0.4, 0.5) is 11.5 Å². The number of nitrogen functional groups attached to an aromatic ring is 1. The molecular weight excluding hydrogens is 274 g/mol. The summed E-state index contributed by atoms with van der Waals surface area (Å²) in [6.45, 7) is 6.32. The highest BCUT2D eigenvalue weighted by atomic mass is 32.2. The Morgan fingerprint density at radius 3 is 2.95 bits per heavy atom. The van der Waals surface area contributed by atoms with Gasteiger partial charge in [-0.05, 0) is 37.8 Å². The van der Waals surface area contributed by atoms with Gasteiger partial charge in [0, 0.05) is 6.04 Å². The van der Waals surface area contributed by atoms with Crippen molar-refractivity contribution in [2.24, 2.45) is 0 Å². The molecule has 1 aromatic rings. The molecule has 20 heavy (non-hydrogen) atoms. The van der Waals surface area contributed by atoms with Crippen LogP contribution in [-0.2, 0) is 4.74 Å². The first kappa shape index (κ1) is 16.6. The largest absolute Gasteiger partial charge is 0.462 e. The molecule has 0 aliphatic heterocycles. The van der Waals surface area contributed by atoms with E-state index in [4.69, 9.17) is 10.5 Å². The second-order valence-corrected chi connectivity index (χ2v) is 5.81. The predicted octanol–water partition coefficient (Wildman–Crippen LogP) is 2.78. The number of anilines is 2. The van der Waals surface area contributed by atoms with Gasteiger partial charge < -0.3 is 15.8 Å². The van der Waals surface area contributed by atoms with E-state index in [0.29, 0.717) is 23.7 Å². The molecule has 0 aliphatic carbocycles. The van der Waals surface area contributed by atoms with Crippen LogP contribution in [0.15, 0.2) is 12.3 Å². The molecule has 112 valence electrons. The average molecular weight is 297 g/mol. The van der Waals surface area contributed by atoms with Crippen molar-refractivity contribution in [3.8, 4) is 0 Å². The number of nitrogens with zero attached hydrogens (tertiary/aromatic N) is 1. The van der Waals surface area contributed by atoms with Crippen LogP contribution in [0.5, 0.6) is 0 Å². The molecule has 6 heteroatoms. The zero-order valence-corrected chi connectivity index (χ0v) is 13.1. The normalized spacial score (nSPS) is 11.9. The second-order valence-electron chi connectivity index (χ2n) is 4.42. The molecule has 0 aromatic carbocycles. The third-order valence-electron chi connectivity index (χ3n) is 2.69. The van der Waals surface area contributed by atoms with Gasteiger partial charge in [0.25, 0.3) is 0 Å². The van der Waals surface area contributed by atoms with Gasteiger partial charge in [0.1, 0.15) is 11.4 Å². The Bertz CT molecular complexity index is 440. The Morgan fingerprint density at radius 1 is 1.55 bits per heavy atom. The quantitative estimate of drug-likeness (QED) is 0.567. The number of esters is 1. The molecule has 0 saturated heterocycles. The summed E-state index contributed by atoms with van der Waals surface area (Å²) >= 11 is 1.90. The molecule has 1 aromatic heterocycles. The van der Waals surface area contributed by atoms with Gasteiger partial charge in [-0.25, -0.2) is 9.78 Å². The van der Waals surface area contributed by atoms with Crippen LogP contribution in [0.25, 0.3) is 0 Å². The fraction of sp³-hybridized carbons (Fsp3) is 0.571. The van der Waals surface area contributed by atoms with Crippen LogP contribution in [0.2, 0.25) is 0 Å². The van der Waals surface area contributed by atoms with Gasteiger partial charge in [0.05, 0.1) is 18.5 Å². The van der Waals surface area contributed by atoms with Crippen molar-refractivity contribution in [3.05, 3.63) is 17.8 Å². The number of pyridine rings is 1. The number of rotatable bonds is 8. The highest BCUT2D eigenvalue weighted by molar-refractivity contribution is 7.99. The number of hydrogen-bond acceptors (Lipinski definition) is 6. The Balaban J connectivity index is 2.75. The van der Waals surface area contributed by atoms with E-state index in [1.54, 1.807) is 19.2 Å². The van der Waals surface area contributed by atoms with Gasteiger partial charge in [-0.1, -0.05) is 6.92 Å². The van der Waals surface area contributed by atoms with E-state index in [0.717, 1.165) is 17.9 Å². The van der Waals surface area contributed by atoms with E-state index < -0.39 is 5.97 Å². The zero-order chi connectivity index (χ0) is 15.0. The molecule has 0 bridgehead atoms. The maximum atomic E-state index is 11.9. The summed E-state index contributed by atoms with van der Waals surface area (Å²) in [4.78, 5) is 16.1. The molecule has 1 atom stereocenters. The summed E-state index contributed by atoms with van der Waals surface area (Å²) < 4.78 is 5.03. The first-order valence-corrected chi connectivity index (χ1v) is 8.00. The van der Waals surface area contributed by atoms with E-state index in [9.17, 15) is 4.79 Å². The number of thioether (sulfide) groups is 1. The fourth-order valence-electron chi connectivity index (χ4n) is 1.67. The monoisotopic (exact) mass is 297 g/mol. The molecular formula is C14H23N3O2S. The van der Waals surface area contributed by atoms with Crippen LogP contribution < -0.4 is 11.1 Å². The topological polar surface area (TPSA) is 77.2 Å². The van der Waals surface area contributed by atoms with Crippen molar-refractivity contribution in [1.82, 2.24) is 4.98 Å². The number of nitrogens with one attached hydrogen (secondary N) is 1. The second kappa shape index (κ2) is 8.68.